The predicted molar refractivity (Wildman–Crippen MR) is 12.7 cm³/mol. The van der Waals surface area contributed by atoms with Gasteiger partial charge in [0.1, 0.15) is 0 Å². The third-order valence-corrected chi connectivity index (χ3v) is 0. The zero-order valence-electron chi connectivity index (χ0n) is 1.69. The van der Waals surface area contributed by atoms with Crippen LogP contribution in [0.1, 0.15) is 0 Å². The molecule has 6 radical (unpaired) electrons. The Kier molecular flexibility index (Phi) is 300. The molecular weight excluding hydrogens is 156 g/mol. The molecule has 0 amide bonds. The first-order chi connectivity index (χ1) is 0. The summed E-state index contributed by atoms with van der Waals surface area (Å²) in [6.07, 6.45) is 0. The van der Waals surface area contributed by atoms with E-state index in [1.807, 2.05) is 0 Å². The van der Waals surface area contributed by atoms with E-state index in [1.54, 1.807) is 0 Å². The summed E-state index contributed by atoms with van der Waals surface area (Å²) in [4.78, 5) is 0. The third-order valence-electron chi connectivity index (χ3n) is 0. The predicted octanol–water partition coefficient (Wildman–Crippen LogP) is 0.475. The second-order valence-electron chi connectivity index (χ2n) is 0. The molecule has 0 N–H and O–H groups in total. The molecule has 0 saturated heterocycles. The number of hydrogen-bond acceptors (Lipinski definition) is 0. The Hall–Kier alpha value is 1.51. The Morgan fingerprint density at radius 2 is 1.00 bits per heavy atom. The Bertz CT molecular complexity index is 8.00. The van der Waals surface area contributed by atoms with Gasteiger partial charge in [0.05, 0.1) is 0 Å². The first-order valence-electron chi connectivity index (χ1n) is 0. The van der Waals surface area contributed by atoms with Crippen LogP contribution in [0.15, 0.2) is 0 Å². The molecule has 0 nitrogen and oxygen atoms in total. The number of hydrogen-bond donors (Lipinski definition) is 0. The van der Waals surface area contributed by atoms with Crippen LogP contribution in [-0.4, -0.2) is 8.41 Å². The largest absolute Gasteiger partial charge is 0 e. The summed E-state index contributed by atoms with van der Waals surface area (Å²) in [6, 6.07) is 0. The molecule has 0 aliphatic carbocycles. The first-order valence-corrected chi connectivity index (χ1v) is 0. The Labute approximate surface area is 52.1 Å². The maximum Gasteiger partial charge on any atom is 0 e. The van der Waals surface area contributed by atoms with Crippen LogP contribution in [0.4, 0.5) is 0 Å². The second-order valence-corrected chi connectivity index (χ2v) is 0. The average molecular weight is 156 g/mol. The fourth-order valence-corrected chi connectivity index (χ4v) is 0. The van der Waals surface area contributed by atoms with Gasteiger partial charge in [0.15, 0.2) is 0 Å². The topological polar surface area (TPSA) is 0 Å². The van der Waals surface area contributed by atoms with Crippen molar-refractivity contribution in [3.8, 4) is 0 Å². The van der Waals surface area contributed by atoms with E-state index in [0.29, 0.717) is 0 Å². The zero-order chi connectivity index (χ0) is 0. The van der Waals surface area contributed by atoms with E-state index in [1.165, 1.54) is 0 Å². The van der Waals surface area contributed by atoms with Gasteiger partial charge < -0.3 is 0 Å². The van der Waals surface area contributed by atoms with Crippen molar-refractivity contribution in [1.82, 2.24) is 0 Å². The summed E-state index contributed by atoms with van der Waals surface area (Å²) in [5.41, 5.74) is 0. The maximum atomic E-state index is 0. The van der Waals surface area contributed by atoms with Crippen molar-refractivity contribution in [2.45, 2.75) is 0 Å². The van der Waals surface area contributed by atoms with Crippen molar-refractivity contribution in [2.75, 3.05) is 0 Å². The minimum Gasteiger partial charge on any atom is 0 e. The molecule has 0 aliphatic heterocycles. The maximum absolute atomic E-state index is 0. The molecule has 0 aromatic rings. The molecule has 0 heterocycles. The average Bonchev–Trinajstić information content (AvgIpc) is 0. The van der Waals surface area contributed by atoms with Crippen LogP contribution in [0.5, 0.6) is 0 Å². The summed E-state index contributed by atoms with van der Waals surface area (Å²) < 4.78 is 0. The van der Waals surface area contributed by atoms with E-state index in [4.69, 9.17) is 0 Å². The van der Waals surface area contributed by atoms with Crippen LogP contribution in [0, 0.1) is 0 Å². The van der Waals surface area contributed by atoms with Gasteiger partial charge in [-0.2, -0.15) is 0 Å². The molecule has 0 aromatic carbocycles. The van der Waals surface area contributed by atoms with Gasteiger partial charge in [-0.15, -0.1) is 0 Å². The summed E-state index contributed by atoms with van der Waals surface area (Å²) in [5.74, 6) is 0. The minimum atomic E-state index is 0. The fourth-order valence-electron chi connectivity index (χ4n) is 0. The molecule has 0 spiro atoms. The van der Waals surface area contributed by atoms with Crippen LogP contribution < -0.4 is 0 Å². The Morgan fingerprint density at radius 1 is 1.00 bits per heavy atom. The molecule has 0 unspecified atom stereocenters. The van der Waals surface area contributed by atoms with Gasteiger partial charge in [0, 0.05) is 51.9 Å². The van der Waals surface area contributed by atoms with E-state index < -0.39 is 0 Å². The van der Waals surface area contributed by atoms with Crippen molar-refractivity contribution in [3.63, 3.8) is 0 Å². The van der Waals surface area contributed by atoms with Crippen LogP contribution in [0.25, 0.3) is 0 Å². The van der Waals surface area contributed by atoms with E-state index in [2.05, 4.69) is 0 Å². The van der Waals surface area contributed by atoms with Gasteiger partial charge in [0.2, 0.25) is 0 Å². The summed E-state index contributed by atoms with van der Waals surface area (Å²) in [7, 11) is 0. The quantitative estimate of drug-likeness (QED) is 0.353. The van der Waals surface area contributed by atoms with E-state index in [9.17, 15) is 0 Å². The molecule has 4 heteroatoms. The van der Waals surface area contributed by atoms with Gasteiger partial charge in [-0.3, -0.25) is 0 Å². The molecule has 0 rings (SSSR count). The molecular formula is BFeNiP. The first kappa shape index (κ1) is 49.2. The second kappa shape index (κ2) is 24.4. The van der Waals surface area contributed by atoms with Gasteiger partial charge in [-0.05, 0) is 0 Å². The normalized spacial score (nSPS) is 0. The summed E-state index contributed by atoms with van der Waals surface area (Å²) >= 11 is 0. The Morgan fingerprint density at radius 3 is 1.00 bits per heavy atom. The van der Waals surface area contributed by atoms with E-state index in [0.717, 1.165) is 0 Å². The molecule has 0 atom stereocenters. The monoisotopic (exact) mass is 156 g/mol. The molecule has 0 aliphatic rings. The summed E-state index contributed by atoms with van der Waals surface area (Å²) in [5, 5.41) is 0. The molecule has 0 bridgehead atoms. The third kappa shape index (κ3) is 9.70. The zero-order valence-corrected chi connectivity index (χ0v) is 4.68. The summed E-state index contributed by atoms with van der Waals surface area (Å²) in [6.45, 7) is 0. The van der Waals surface area contributed by atoms with Crippen molar-refractivity contribution in [2.24, 2.45) is 0 Å². The van der Waals surface area contributed by atoms with E-state index in [-0.39, 0.29) is 51.9 Å². The van der Waals surface area contributed by atoms with Gasteiger partial charge >= 0.3 is 0 Å². The SMILES string of the molecule is [B].[Fe].[Ni].[P]. The van der Waals surface area contributed by atoms with Gasteiger partial charge in [-0.25, -0.2) is 0 Å². The molecule has 26 valence electrons. The molecule has 0 fully saturated rings. The molecule has 0 saturated carbocycles. The standard InChI is InChI=1S/B.Fe.Ni.P. The van der Waals surface area contributed by atoms with Gasteiger partial charge in [0.25, 0.3) is 0 Å². The smallest absolute Gasteiger partial charge is 0 e. The Balaban J connectivity index is 0. The van der Waals surface area contributed by atoms with Crippen LogP contribution in [-0.2, 0) is 33.6 Å². The van der Waals surface area contributed by atoms with Crippen molar-refractivity contribution in [3.05, 3.63) is 0 Å². The van der Waals surface area contributed by atoms with Crippen LogP contribution >= 0.6 is 9.90 Å². The fraction of sp³-hybridized carbons (Fsp3) is 0. The molecule has 0 aromatic heterocycles. The molecule has 4 heavy (non-hydrogen) atoms. The number of rotatable bonds is 0. The van der Waals surface area contributed by atoms with Gasteiger partial charge in [-0.1, -0.05) is 0 Å². The van der Waals surface area contributed by atoms with Crippen LogP contribution in [0.2, 0.25) is 0 Å². The van der Waals surface area contributed by atoms with Crippen molar-refractivity contribution >= 4 is 18.3 Å². The van der Waals surface area contributed by atoms with E-state index >= 15 is 0 Å². The minimum absolute atomic E-state index is 0. The van der Waals surface area contributed by atoms with Crippen molar-refractivity contribution in [1.29, 1.82) is 0 Å². The van der Waals surface area contributed by atoms with Crippen molar-refractivity contribution < 1.29 is 33.6 Å². The van der Waals surface area contributed by atoms with Crippen LogP contribution in [0.3, 0.4) is 0 Å².